The van der Waals surface area contributed by atoms with Gasteiger partial charge in [-0.2, -0.15) is 0 Å². The molecule has 0 bridgehead atoms. The van der Waals surface area contributed by atoms with E-state index in [2.05, 4.69) is 36.4 Å². The van der Waals surface area contributed by atoms with Crippen LogP contribution in [0.3, 0.4) is 0 Å². The predicted molar refractivity (Wildman–Crippen MR) is 74.9 cm³/mol. The number of carboxylic acids is 1. The summed E-state index contributed by atoms with van der Waals surface area (Å²) in [6, 6.07) is 0.322. The van der Waals surface area contributed by atoms with Gasteiger partial charge in [-0.3, -0.25) is 9.48 Å². The van der Waals surface area contributed by atoms with E-state index in [9.17, 15) is 9.90 Å². The molecule has 1 aliphatic carbocycles. The van der Waals surface area contributed by atoms with E-state index in [-0.39, 0.29) is 11.3 Å². The van der Waals surface area contributed by atoms with Gasteiger partial charge in [0, 0.05) is 25.8 Å². The van der Waals surface area contributed by atoms with E-state index in [1.807, 2.05) is 13.2 Å². The van der Waals surface area contributed by atoms with Crippen molar-refractivity contribution in [1.82, 2.24) is 20.3 Å². The highest BCUT2D eigenvalue weighted by atomic mass is 16.4. The molecular weight excluding hydrogens is 256 g/mol. The fraction of sp³-hybridized carbons (Fsp3) is 0.786. The average Bonchev–Trinajstić information content (AvgIpc) is 2.76. The van der Waals surface area contributed by atoms with E-state index in [0.29, 0.717) is 18.5 Å². The van der Waals surface area contributed by atoms with Crippen LogP contribution >= 0.6 is 0 Å². The highest BCUT2D eigenvalue weighted by molar-refractivity contribution is 5.71. The molecule has 1 aliphatic rings. The van der Waals surface area contributed by atoms with Crippen molar-refractivity contribution >= 4 is 5.97 Å². The molecule has 0 aliphatic heterocycles. The summed E-state index contributed by atoms with van der Waals surface area (Å²) < 4.78 is 1.69. The van der Waals surface area contributed by atoms with Gasteiger partial charge in [-0.15, -0.1) is 5.10 Å². The molecule has 3 unspecified atom stereocenters. The Morgan fingerprint density at radius 3 is 2.80 bits per heavy atom. The van der Waals surface area contributed by atoms with Crippen molar-refractivity contribution in [2.75, 3.05) is 0 Å². The number of nitrogens with one attached hydrogen (secondary N) is 1. The van der Waals surface area contributed by atoms with Gasteiger partial charge in [0.25, 0.3) is 0 Å². The molecule has 1 saturated carbocycles. The molecular formula is C14H24N4O2. The Morgan fingerprint density at radius 1 is 1.55 bits per heavy atom. The fourth-order valence-electron chi connectivity index (χ4n) is 3.24. The van der Waals surface area contributed by atoms with Gasteiger partial charge in [0.2, 0.25) is 0 Å². The van der Waals surface area contributed by atoms with Gasteiger partial charge in [0.15, 0.2) is 0 Å². The van der Waals surface area contributed by atoms with Crippen LogP contribution in [0.1, 0.15) is 39.3 Å². The lowest BCUT2D eigenvalue weighted by Gasteiger charge is -2.46. The first-order valence-corrected chi connectivity index (χ1v) is 7.13. The van der Waals surface area contributed by atoms with Crippen molar-refractivity contribution in [3.8, 4) is 0 Å². The Labute approximate surface area is 119 Å². The SMILES string of the molecule is CC1C(NCc2cn(C)nn2)CCC(C(=O)O)C1(C)C. The number of carbonyl (C=O) groups is 1. The predicted octanol–water partition coefficient (Wildman–Crippen LogP) is 1.43. The third-order valence-electron chi connectivity index (χ3n) is 4.94. The zero-order valence-electron chi connectivity index (χ0n) is 12.6. The van der Waals surface area contributed by atoms with Crippen LogP contribution in [-0.2, 0) is 18.4 Å². The molecule has 2 rings (SSSR count). The molecule has 1 aromatic rings. The molecule has 0 aromatic carbocycles. The van der Waals surface area contributed by atoms with Gasteiger partial charge in [-0.25, -0.2) is 0 Å². The Balaban J connectivity index is 1.99. The van der Waals surface area contributed by atoms with Gasteiger partial charge in [0.05, 0.1) is 11.6 Å². The molecule has 2 N–H and O–H groups in total. The van der Waals surface area contributed by atoms with Gasteiger partial charge >= 0.3 is 5.97 Å². The molecule has 0 spiro atoms. The van der Waals surface area contributed by atoms with Crippen molar-refractivity contribution in [2.45, 2.75) is 46.2 Å². The van der Waals surface area contributed by atoms with E-state index in [0.717, 1.165) is 18.5 Å². The van der Waals surface area contributed by atoms with E-state index >= 15 is 0 Å². The van der Waals surface area contributed by atoms with Crippen LogP contribution in [-0.4, -0.2) is 32.1 Å². The maximum Gasteiger partial charge on any atom is 0.307 e. The van der Waals surface area contributed by atoms with Gasteiger partial charge in [-0.1, -0.05) is 26.0 Å². The lowest BCUT2D eigenvalue weighted by Crippen LogP contribution is -2.50. The molecule has 3 atom stereocenters. The minimum atomic E-state index is -0.672. The second-order valence-corrected chi connectivity index (χ2v) is 6.45. The number of aliphatic carboxylic acids is 1. The fourth-order valence-corrected chi connectivity index (χ4v) is 3.24. The molecule has 0 amide bonds. The highest BCUT2D eigenvalue weighted by Crippen LogP contribution is 2.45. The molecule has 0 radical (unpaired) electrons. The monoisotopic (exact) mass is 280 g/mol. The van der Waals surface area contributed by atoms with Crippen LogP contribution in [0, 0.1) is 17.3 Å². The minimum Gasteiger partial charge on any atom is -0.481 e. The number of hydrogen-bond acceptors (Lipinski definition) is 4. The van der Waals surface area contributed by atoms with Crippen molar-refractivity contribution < 1.29 is 9.90 Å². The van der Waals surface area contributed by atoms with Crippen LogP contribution in [0.15, 0.2) is 6.20 Å². The largest absolute Gasteiger partial charge is 0.481 e. The number of aromatic nitrogens is 3. The quantitative estimate of drug-likeness (QED) is 0.872. The maximum atomic E-state index is 11.4. The van der Waals surface area contributed by atoms with Crippen molar-refractivity contribution in [3.63, 3.8) is 0 Å². The lowest BCUT2D eigenvalue weighted by molar-refractivity contribution is -0.150. The van der Waals surface area contributed by atoms with Crippen LogP contribution in [0.5, 0.6) is 0 Å². The Morgan fingerprint density at radius 2 is 2.25 bits per heavy atom. The van der Waals surface area contributed by atoms with Crippen LogP contribution in [0.2, 0.25) is 0 Å². The van der Waals surface area contributed by atoms with E-state index < -0.39 is 5.97 Å². The number of hydrogen-bond donors (Lipinski definition) is 2. The zero-order chi connectivity index (χ0) is 14.9. The van der Waals surface area contributed by atoms with Gasteiger partial charge in [-0.05, 0) is 24.2 Å². The topological polar surface area (TPSA) is 80.0 Å². The highest BCUT2D eigenvalue weighted by Gasteiger charge is 2.46. The number of rotatable bonds is 4. The van der Waals surface area contributed by atoms with E-state index in [1.54, 1.807) is 4.68 Å². The van der Waals surface area contributed by atoms with E-state index in [4.69, 9.17) is 0 Å². The zero-order valence-corrected chi connectivity index (χ0v) is 12.6. The summed E-state index contributed by atoms with van der Waals surface area (Å²) in [5.74, 6) is -0.629. The molecule has 6 heteroatoms. The van der Waals surface area contributed by atoms with Gasteiger partial charge in [0.1, 0.15) is 0 Å². The Bertz CT molecular complexity index is 483. The second-order valence-electron chi connectivity index (χ2n) is 6.45. The van der Waals surface area contributed by atoms with Gasteiger partial charge < -0.3 is 10.4 Å². The van der Waals surface area contributed by atoms with Crippen molar-refractivity contribution in [3.05, 3.63) is 11.9 Å². The molecule has 1 heterocycles. The molecule has 20 heavy (non-hydrogen) atoms. The second kappa shape index (κ2) is 5.52. The smallest absolute Gasteiger partial charge is 0.307 e. The first-order valence-electron chi connectivity index (χ1n) is 7.13. The Kier molecular flexibility index (Phi) is 4.13. The summed E-state index contributed by atoms with van der Waals surface area (Å²) in [5, 5.41) is 20.8. The lowest BCUT2D eigenvalue weighted by atomic mass is 9.61. The number of nitrogens with zero attached hydrogens (tertiary/aromatic N) is 3. The van der Waals surface area contributed by atoms with E-state index in [1.165, 1.54) is 0 Å². The average molecular weight is 280 g/mol. The standard InChI is InChI=1S/C14H24N4O2/c1-9-12(15-7-10-8-18(4)17-16-10)6-5-11(13(19)20)14(9,2)3/h8-9,11-12,15H,5-7H2,1-4H3,(H,19,20). The normalized spacial score (nSPS) is 29.3. The Hall–Kier alpha value is -1.43. The summed E-state index contributed by atoms with van der Waals surface area (Å²) in [4.78, 5) is 11.4. The summed E-state index contributed by atoms with van der Waals surface area (Å²) >= 11 is 0. The summed E-state index contributed by atoms with van der Waals surface area (Å²) in [5.41, 5.74) is 0.710. The minimum absolute atomic E-state index is 0.204. The third-order valence-corrected chi connectivity index (χ3v) is 4.94. The summed E-state index contributed by atoms with van der Waals surface area (Å²) in [6.07, 6.45) is 3.51. The molecule has 1 fully saturated rings. The summed E-state index contributed by atoms with van der Waals surface area (Å²) in [7, 11) is 1.85. The molecule has 6 nitrogen and oxygen atoms in total. The van der Waals surface area contributed by atoms with Crippen LogP contribution < -0.4 is 5.32 Å². The number of aryl methyl sites for hydroxylation is 1. The van der Waals surface area contributed by atoms with Crippen LogP contribution in [0.4, 0.5) is 0 Å². The first kappa shape index (κ1) is 15.0. The van der Waals surface area contributed by atoms with Crippen LogP contribution in [0.25, 0.3) is 0 Å². The molecule has 1 aromatic heterocycles. The molecule has 0 saturated heterocycles. The third kappa shape index (κ3) is 2.85. The molecule has 112 valence electrons. The van der Waals surface area contributed by atoms with Crippen molar-refractivity contribution in [1.29, 1.82) is 0 Å². The maximum absolute atomic E-state index is 11.4. The van der Waals surface area contributed by atoms with Crippen molar-refractivity contribution in [2.24, 2.45) is 24.3 Å². The number of carboxylic acid groups (broad SMARTS) is 1. The summed E-state index contributed by atoms with van der Waals surface area (Å²) in [6.45, 7) is 6.94. The first-order chi connectivity index (χ1) is 9.32.